The lowest BCUT2D eigenvalue weighted by atomic mass is 10.1. The minimum atomic E-state index is -0.184. The van der Waals surface area contributed by atoms with Crippen LogP contribution in [0.3, 0.4) is 0 Å². The van der Waals surface area contributed by atoms with Crippen LogP contribution in [0.15, 0.2) is 60.8 Å². The van der Waals surface area contributed by atoms with Gasteiger partial charge in [-0.3, -0.25) is 9.59 Å². The van der Waals surface area contributed by atoms with E-state index in [1.165, 1.54) is 0 Å². The minimum absolute atomic E-state index is 0.0410. The summed E-state index contributed by atoms with van der Waals surface area (Å²) in [4.78, 5) is 25.7. The molecule has 0 aliphatic rings. The molecule has 1 aromatic heterocycles. The lowest BCUT2D eigenvalue weighted by molar-refractivity contribution is -0.127. The Morgan fingerprint density at radius 2 is 1.67 bits per heavy atom. The topological polar surface area (TPSA) is 67.2 Å². The molecule has 0 fully saturated rings. The fourth-order valence-corrected chi connectivity index (χ4v) is 2.64. The first-order valence-corrected chi connectivity index (χ1v) is 8.65. The molecule has 2 amide bonds. The van der Waals surface area contributed by atoms with Crippen LogP contribution in [0.1, 0.15) is 21.6 Å². The number of anilines is 1. The van der Waals surface area contributed by atoms with E-state index in [0.29, 0.717) is 17.7 Å². The molecule has 0 atom stereocenters. The van der Waals surface area contributed by atoms with Gasteiger partial charge in [0.05, 0.1) is 12.1 Å². The third-order valence-electron chi connectivity index (χ3n) is 4.27. The first-order chi connectivity index (χ1) is 12.9. The van der Waals surface area contributed by atoms with E-state index in [4.69, 9.17) is 0 Å². The summed E-state index contributed by atoms with van der Waals surface area (Å²) in [5.41, 5.74) is 4.10. The number of aromatic nitrogens is 2. The summed E-state index contributed by atoms with van der Waals surface area (Å²) >= 11 is 0. The normalized spacial score (nSPS) is 10.5. The Bertz CT molecular complexity index is 941. The molecule has 0 bridgehead atoms. The highest BCUT2D eigenvalue weighted by molar-refractivity contribution is 6.04. The number of amides is 2. The molecule has 0 saturated carbocycles. The Balaban J connectivity index is 1.65. The van der Waals surface area contributed by atoms with E-state index in [0.717, 1.165) is 16.9 Å². The van der Waals surface area contributed by atoms with Crippen LogP contribution in [0.5, 0.6) is 0 Å². The molecule has 1 heterocycles. The molecule has 6 heteroatoms. The smallest absolute Gasteiger partial charge is 0.255 e. The maximum Gasteiger partial charge on any atom is 0.255 e. The van der Waals surface area contributed by atoms with Crippen LogP contribution in [-0.4, -0.2) is 40.6 Å². The number of nitrogens with one attached hydrogen (secondary N) is 1. The second-order valence-electron chi connectivity index (χ2n) is 6.55. The second-order valence-corrected chi connectivity index (χ2v) is 6.55. The number of likely N-dealkylation sites (N-methyl/N-ethyl adjacent to an activating group) is 1. The molecule has 2 aromatic carbocycles. The Labute approximate surface area is 158 Å². The van der Waals surface area contributed by atoms with Gasteiger partial charge in [-0.25, -0.2) is 4.68 Å². The first-order valence-electron chi connectivity index (χ1n) is 8.65. The number of hydrogen-bond acceptors (Lipinski definition) is 3. The number of benzene rings is 2. The predicted molar refractivity (Wildman–Crippen MR) is 105 cm³/mol. The minimum Gasteiger partial charge on any atom is -0.349 e. The highest BCUT2D eigenvalue weighted by Gasteiger charge is 2.09. The predicted octanol–water partition coefficient (Wildman–Crippen LogP) is 3.06. The summed E-state index contributed by atoms with van der Waals surface area (Å²) in [5, 5.41) is 7.13. The maximum atomic E-state index is 12.4. The zero-order chi connectivity index (χ0) is 19.4. The molecule has 0 aliphatic carbocycles. The number of hydrogen-bond donors (Lipinski definition) is 1. The quantitative estimate of drug-likeness (QED) is 0.758. The summed E-state index contributed by atoms with van der Waals surface area (Å²) < 4.78 is 1.81. The van der Waals surface area contributed by atoms with Gasteiger partial charge in [0.25, 0.3) is 5.91 Å². The fourth-order valence-electron chi connectivity index (χ4n) is 2.64. The standard InChI is InChI=1S/C21H22N4O2/c1-15-12-13-22-25(15)19-10-6-17(7-11-19)21(27)23-18-8-4-16(5-9-18)14-20(26)24(2)3/h4-13H,14H2,1-3H3,(H,23,27). The van der Waals surface area contributed by atoms with Crippen molar-refractivity contribution in [3.63, 3.8) is 0 Å². The zero-order valence-electron chi connectivity index (χ0n) is 15.6. The van der Waals surface area contributed by atoms with Gasteiger partial charge in [-0.05, 0) is 55.0 Å². The van der Waals surface area contributed by atoms with Crippen molar-refractivity contribution >= 4 is 17.5 Å². The molecule has 0 spiro atoms. The van der Waals surface area contributed by atoms with Crippen molar-refractivity contribution in [3.8, 4) is 5.69 Å². The van der Waals surface area contributed by atoms with Crippen molar-refractivity contribution in [1.82, 2.24) is 14.7 Å². The number of carbonyl (C=O) groups is 2. The lowest BCUT2D eigenvalue weighted by Gasteiger charge is -2.11. The van der Waals surface area contributed by atoms with Crippen molar-refractivity contribution in [2.75, 3.05) is 19.4 Å². The van der Waals surface area contributed by atoms with Crippen LogP contribution in [0.2, 0.25) is 0 Å². The molecule has 0 saturated heterocycles. The summed E-state index contributed by atoms with van der Waals surface area (Å²) in [6, 6.07) is 16.5. The molecule has 27 heavy (non-hydrogen) atoms. The molecule has 3 aromatic rings. The van der Waals surface area contributed by atoms with Crippen LogP contribution in [0.4, 0.5) is 5.69 Å². The fraction of sp³-hybridized carbons (Fsp3) is 0.190. The Morgan fingerprint density at radius 1 is 1.00 bits per heavy atom. The second kappa shape index (κ2) is 7.86. The van der Waals surface area contributed by atoms with Crippen LogP contribution in [-0.2, 0) is 11.2 Å². The van der Waals surface area contributed by atoms with Crippen LogP contribution in [0.25, 0.3) is 5.69 Å². The van der Waals surface area contributed by atoms with Crippen LogP contribution >= 0.6 is 0 Å². The summed E-state index contributed by atoms with van der Waals surface area (Å²) in [7, 11) is 3.46. The monoisotopic (exact) mass is 362 g/mol. The highest BCUT2D eigenvalue weighted by Crippen LogP contribution is 2.15. The van der Waals surface area contributed by atoms with E-state index in [9.17, 15) is 9.59 Å². The van der Waals surface area contributed by atoms with Gasteiger partial charge in [-0.2, -0.15) is 5.10 Å². The zero-order valence-corrected chi connectivity index (χ0v) is 15.6. The largest absolute Gasteiger partial charge is 0.349 e. The molecule has 0 unspecified atom stereocenters. The molecule has 138 valence electrons. The molecule has 6 nitrogen and oxygen atoms in total. The van der Waals surface area contributed by atoms with Crippen molar-refractivity contribution < 1.29 is 9.59 Å². The van der Waals surface area contributed by atoms with Gasteiger partial charge in [0, 0.05) is 37.2 Å². The van der Waals surface area contributed by atoms with Crippen molar-refractivity contribution in [3.05, 3.63) is 77.6 Å². The number of nitrogens with zero attached hydrogens (tertiary/aromatic N) is 3. The molecule has 1 N–H and O–H groups in total. The van der Waals surface area contributed by atoms with Gasteiger partial charge in [-0.15, -0.1) is 0 Å². The van der Waals surface area contributed by atoms with Crippen molar-refractivity contribution in [2.45, 2.75) is 13.3 Å². The molecular formula is C21H22N4O2. The first kappa shape index (κ1) is 18.4. The van der Waals surface area contributed by atoms with Crippen molar-refractivity contribution in [1.29, 1.82) is 0 Å². The summed E-state index contributed by atoms with van der Waals surface area (Å²) in [6.45, 7) is 1.98. The van der Waals surface area contributed by atoms with Crippen molar-refractivity contribution in [2.24, 2.45) is 0 Å². The van der Waals surface area contributed by atoms with E-state index < -0.39 is 0 Å². The molecule has 0 radical (unpaired) electrons. The van der Waals surface area contributed by atoms with Gasteiger partial charge >= 0.3 is 0 Å². The summed E-state index contributed by atoms with van der Waals surface area (Å²) in [5.74, 6) is -0.143. The SMILES string of the molecule is Cc1ccnn1-c1ccc(C(=O)Nc2ccc(CC(=O)N(C)C)cc2)cc1. The van der Waals surface area contributed by atoms with Gasteiger partial charge in [0.2, 0.25) is 5.91 Å². The summed E-state index contributed by atoms with van der Waals surface area (Å²) in [6.07, 6.45) is 2.08. The van der Waals surface area contributed by atoms with E-state index in [1.807, 2.05) is 41.9 Å². The molecular weight excluding hydrogens is 340 g/mol. The third-order valence-corrected chi connectivity index (χ3v) is 4.27. The van der Waals surface area contributed by atoms with E-state index >= 15 is 0 Å². The third kappa shape index (κ3) is 4.41. The van der Waals surface area contributed by atoms with Crippen LogP contribution < -0.4 is 5.32 Å². The molecule has 3 rings (SSSR count). The average molecular weight is 362 g/mol. The van der Waals surface area contributed by atoms with Gasteiger partial charge in [0.1, 0.15) is 0 Å². The lowest BCUT2D eigenvalue weighted by Crippen LogP contribution is -2.23. The maximum absolute atomic E-state index is 12.4. The van der Waals surface area contributed by atoms with Gasteiger partial charge in [0.15, 0.2) is 0 Å². The van der Waals surface area contributed by atoms with E-state index in [1.54, 1.807) is 49.5 Å². The highest BCUT2D eigenvalue weighted by atomic mass is 16.2. The van der Waals surface area contributed by atoms with Gasteiger partial charge in [-0.1, -0.05) is 12.1 Å². The average Bonchev–Trinajstić information content (AvgIpc) is 3.09. The number of aryl methyl sites for hydroxylation is 1. The van der Waals surface area contributed by atoms with E-state index in [2.05, 4.69) is 10.4 Å². The van der Waals surface area contributed by atoms with E-state index in [-0.39, 0.29) is 11.8 Å². The molecule has 0 aliphatic heterocycles. The Morgan fingerprint density at radius 3 is 2.22 bits per heavy atom. The number of rotatable bonds is 5. The number of carbonyl (C=O) groups excluding carboxylic acids is 2. The Kier molecular flexibility index (Phi) is 5.35. The Hall–Kier alpha value is -3.41. The van der Waals surface area contributed by atoms with Crippen LogP contribution in [0, 0.1) is 6.92 Å². The van der Waals surface area contributed by atoms with Gasteiger partial charge < -0.3 is 10.2 Å².